The summed E-state index contributed by atoms with van der Waals surface area (Å²) in [5.41, 5.74) is 5.83. The van der Waals surface area contributed by atoms with Gasteiger partial charge in [-0.2, -0.15) is 0 Å². The Kier molecular flexibility index (Phi) is 5.75. The Morgan fingerprint density at radius 3 is 2.87 bits per heavy atom. The number of amides is 1. The molecule has 23 heavy (non-hydrogen) atoms. The molecule has 0 unspecified atom stereocenters. The second-order valence-electron chi connectivity index (χ2n) is 4.58. The molecule has 0 aliphatic rings. The van der Waals surface area contributed by atoms with Gasteiger partial charge in [-0.15, -0.1) is 10.2 Å². The van der Waals surface area contributed by atoms with Crippen molar-refractivity contribution < 1.29 is 9.72 Å². The molecule has 0 fully saturated rings. The van der Waals surface area contributed by atoms with Gasteiger partial charge in [0.2, 0.25) is 11.0 Å². The summed E-state index contributed by atoms with van der Waals surface area (Å²) in [5.74, 6) is -0.306. The number of aryl methyl sites for hydroxylation is 1. The highest BCUT2D eigenvalue weighted by Gasteiger charge is 2.09. The Labute approximate surface area is 136 Å². The molecule has 0 spiro atoms. The first-order valence-electron chi connectivity index (χ1n) is 6.83. The highest BCUT2D eigenvalue weighted by atomic mass is 32.1. The number of rotatable bonds is 7. The van der Waals surface area contributed by atoms with Crippen molar-refractivity contribution >= 4 is 34.1 Å². The van der Waals surface area contributed by atoms with Crippen molar-refractivity contribution in [2.75, 3.05) is 12.3 Å². The van der Waals surface area contributed by atoms with Crippen molar-refractivity contribution in [2.24, 2.45) is 0 Å². The Bertz CT molecular complexity index is 729. The lowest BCUT2D eigenvalue weighted by molar-refractivity contribution is -0.385. The maximum Gasteiger partial charge on any atom is 0.276 e. The van der Waals surface area contributed by atoms with Gasteiger partial charge in [-0.25, -0.2) is 0 Å². The van der Waals surface area contributed by atoms with Crippen LogP contribution in [-0.2, 0) is 11.2 Å². The van der Waals surface area contributed by atoms with Crippen molar-refractivity contribution in [3.05, 3.63) is 51.0 Å². The molecule has 0 radical (unpaired) electrons. The molecule has 0 saturated carbocycles. The molecule has 1 aromatic carbocycles. The smallest absolute Gasteiger partial charge is 0.276 e. The van der Waals surface area contributed by atoms with E-state index in [4.69, 9.17) is 5.73 Å². The number of hydrogen-bond acceptors (Lipinski definition) is 7. The van der Waals surface area contributed by atoms with Gasteiger partial charge in [0.1, 0.15) is 5.01 Å². The Morgan fingerprint density at radius 2 is 2.17 bits per heavy atom. The first-order valence-corrected chi connectivity index (χ1v) is 7.65. The third kappa shape index (κ3) is 5.15. The molecule has 2 aromatic rings. The predicted molar refractivity (Wildman–Crippen MR) is 87.8 cm³/mol. The molecule has 1 amide bonds. The van der Waals surface area contributed by atoms with Gasteiger partial charge in [0, 0.05) is 25.1 Å². The van der Waals surface area contributed by atoms with Gasteiger partial charge in [-0.1, -0.05) is 23.5 Å². The summed E-state index contributed by atoms with van der Waals surface area (Å²) < 4.78 is 0. The number of carbonyl (C=O) groups is 1. The second kappa shape index (κ2) is 7.99. The number of nitrogens with one attached hydrogen (secondary N) is 1. The van der Waals surface area contributed by atoms with E-state index >= 15 is 0 Å². The fourth-order valence-electron chi connectivity index (χ4n) is 1.84. The number of aromatic nitrogens is 2. The summed E-state index contributed by atoms with van der Waals surface area (Å²) in [5, 5.41) is 22.4. The van der Waals surface area contributed by atoms with Crippen LogP contribution in [0.15, 0.2) is 30.3 Å². The monoisotopic (exact) mass is 333 g/mol. The van der Waals surface area contributed by atoms with E-state index in [-0.39, 0.29) is 11.6 Å². The zero-order valence-electron chi connectivity index (χ0n) is 12.1. The highest BCUT2D eigenvalue weighted by Crippen LogP contribution is 2.18. The van der Waals surface area contributed by atoms with Gasteiger partial charge in [-0.3, -0.25) is 14.9 Å². The number of nitrogens with two attached hydrogens (primary N) is 1. The molecule has 2 rings (SSSR count). The minimum absolute atomic E-state index is 0.0367. The fraction of sp³-hybridized carbons (Fsp3) is 0.214. The number of nitro benzene ring substituents is 1. The van der Waals surface area contributed by atoms with Gasteiger partial charge < -0.3 is 11.1 Å². The molecule has 9 heteroatoms. The summed E-state index contributed by atoms with van der Waals surface area (Å²) in [6.45, 7) is 0.472. The van der Waals surface area contributed by atoms with Crippen LogP contribution in [-0.4, -0.2) is 27.6 Å². The van der Waals surface area contributed by atoms with Crippen molar-refractivity contribution in [3.63, 3.8) is 0 Å². The van der Waals surface area contributed by atoms with Crippen LogP contribution in [0.1, 0.15) is 17.0 Å². The maximum absolute atomic E-state index is 11.7. The zero-order valence-corrected chi connectivity index (χ0v) is 13.0. The van der Waals surface area contributed by atoms with E-state index in [9.17, 15) is 14.9 Å². The minimum atomic E-state index is -0.481. The molecule has 8 nitrogen and oxygen atoms in total. The summed E-state index contributed by atoms with van der Waals surface area (Å²) in [6.07, 6.45) is 4.10. The minimum Gasteiger partial charge on any atom is -0.374 e. The van der Waals surface area contributed by atoms with E-state index in [1.54, 1.807) is 18.2 Å². The molecule has 1 heterocycles. The van der Waals surface area contributed by atoms with Crippen LogP contribution in [0.2, 0.25) is 0 Å². The highest BCUT2D eigenvalue weighted by molar-refractivity contribution is 7.15. The average molecular weight is 333 g/mol. The van der Waals surface area contributed by atoms with Crippen LogP contribution in [0.4, 0.5) is 10.8 Å². The fourth-order valence-corrected chi connectivity index (χ4v) is 2.49. The molecule has 0 aliphatic carbocycles. The molecule has 0 aliphatic heterocycles. The van der Waals surface area contributed by atoms with E-state index in [2.05, 4.69) is 15.5 Å². The lowest BCUT2D eigenvalue weighted by atomic mass is 10.1. The third-order valence-corrected chi connectivity index (χ3v) is 3.71. The van der Waals surface area contributed by atoms with E-state index in [1.165, 1.54) is 29.6 Å². The van der Waals surface area contributed by atoms with E-state index in [0.29, 0.717) is 30.1 Å². The summed E-state index contributed by atoms with van der Waals surface area (Å²) in [7, 11) is 0. The van der Waals surface area contributed by atoms with E-state index in [1.807, 2.05) is 0 Å². The van der Waals surface area contributed by atoms with Gasteiger partial charge in [0.15, 0.2) is 0 Å². The molecular formula is C14H15N5O3S. The Hall–Kier alpha value is -2.81. The molecule has 3 N–H and O–H groups in total. The predicted octanol–water partition coefficient (Wildman–Crippen LogP) is 1.79. The van der Waals surface area contributed by atoms with Crippen LogP contribution < -0.4 is 11.1 Å². The first kappa shape index (κ1) is 16.6. The topological polar surface area (TPSA) is 124 Å². The summed E-state index contributed by atoms with van der Waals surface area (Å²) in [6, 6.07) is 6.24. The lowest BCUT2D eigenvalue weighted by Gasteiger charge is -2.00. The summed E-state index contributed by atoms with van der Waals surface area (Å²) in [4.78, 5) is 22.1. The number of nitrogens with zero attached hydrogens (tertiary/aromatic N) is 3. The Morgan fingerprint density at radius 1 is 1.39 bits per heavy atom. The number of nitrogen functional groups attached to an aromatic ring is 1. The van der Waals surface area contributed by atoms with Crippen LogP contribution in [0.5, 0.6) is 0 Å². The van der Waals surface area contributed by atoms with Crippen molar-refractivity contribution in [1.82, 2.24) is 15.5 Å². The average Bonchev–Trinajstić information content (AvgIpc) is 2.95. The summed E-state index contributed by atoms with van der Waals surface area (Å²) >= 11 is 1.32. The van der Waals surface area contributed by atoms with Gasteiger partial charge in [-0.05, 0) is 18.6 Å². The van der Waals surface area contributed by atoms with E-state index in [0.717, 1.165) is 5.01 Å². The van der Waals surface area contributed by atoms with Crippen LogP contribution in [0.25, 0.3) is 6.08 Å². The molecule has 0 atom stereocenters. The van der Waals surface area contributed by atoms with Crippen molar-refractivity contribution in [1.29, 1.82) is 0 Å². The number of para-hydroxylation sites is 1. The van der Waals surface area contributed by atoms with Crippen molar-refractivity contribution in [2.45, 2.75) is 12.8 Å². The molecule has 0 bridgehead atoms. The van der Waals surface area contributed by atoms with Crippen LogP contribution >= 0.6 is 11.3 Å². The van der Waals surface area contributed by atoms with Gasteiger partial charge >= 0.3 is 0 Å². The van der Waals surface area contributed by atoms with Gasteiger partial charge in [0.05, 0.1) is 10.5 Å². The number of anilines is 1. The van der Waals surface area contributed by atoms with E-state index < -0.39 is 4.92 Å². The van der Waals surface area contributed by atoms with Crippen molar-refractivity contribution in [3.8, 4) is 0 Å². The van der Waals surface area contributed by atoms with Crippen LogP contribution in [0.3, 0.4) is 0 Å². The van der Waals surface area contributed by atoms with Gasteiger partial charge in [0.25, 0.3) is 5.69 Å². The quantitative estimate of drug-likeness (QED) is 0.344. The largest absolute Gasteiger partial charge is 0.374 e. The number of benzene rings is 1. The number of nitro groups is 1. The molecule has 0 saturated heterocycles. The third-order valence-electron chi connectivity index (χ3n) is 2.90. The number of carbonyl (C=O) groups excluding carboxylic acids is 1. The first-order chi connectivity index (χ1) is 11.1. The number of hydrogen-bond donors (Lipinski definition) is 2. The SMILES string of the molecule is Nc1nnc(CCCNC(=O)/C=C/c2ccccc2[N+](=O)[O-])s1. The zero-order chi connectivity index (χ0) is 16.7. The van der Waals surface area contributed by atoms with Crippen LogP contribution in [0, 0.1) is 10.1 Å². The second-order valence-corrected chi connectivity index (χ2v) is 5.67. The molecule has 120 valence electrons. The normalized spacial score (nSPS) is 10.8. The lowest BCUT2D eigenvalue weighted by Crippen LogP contribution is -2.22. The maximum atomic E-state index is 11.7. The molecule has 1 aromatic heterocycles. The standard InChI is InChI=1S/C14H15N5O3S/c15-14-18-17-13(23-14)6-3-9-16-12(20)8-7-10-4-1-2-5-11(10)19(21)22/h1-2,4-5,7-8H,3,6,9H2,(H2,15,18)(H,16,20)/b8-7+. The molecular weight excluding hydrogens is 318 g/mol. The Balaban J connectivity index is 1.79.